The van der Waals surface area contributed by atoms with Gasteiger partial charge in [-0.1, -0.05) is 30.3 Å². The van der Waals surface area contributed by atoms with Crippen molar-refractivity contribution >= 4 is 28.8 Å². The van der Waals surface area contributed by atoms with Gasteiger partial charge < -0.3 is 10.2 Å². The highest BCUT2D eigenvalue weighted by Gasteiger charge is 2.30. The summed E-state index contributed by atoms with van der Waals surface area (Å²) in [5, 5.41) is 3.96. The smallest absolute Gasteiger partial charge is 0.267 e. The highest BCUT2D eigenvalue weighted by molar-refractivity contribution is 7.13. The van der Waals surface area contributed by atoms with Gasteiger partial charge in [-0.05, 0) is 55.5 Å². The fourth-order valence-electron chi connectivity index (χ4n) is 4.00. The van der Waals surface area contributed by atoms with Crippen LogP contribution in [0.4, 0.5) is 5.69 Å². The molecule has 1 saturated heterocycles. The first-order chi connectivity index (χ1) is 14.7. The van der Waals surface area contributed by atoms with Crippen molar-refractivity contribution in [2.75, 3.05) is 11.9 Å². The molecule has 0 radical (unpaired) electrons. The van der Waals surface area contributed by atoms with E-state index < -0.39 is 0 Å². The van der Waals surface area contributed by atoms with Crippen LogP contribution < -0.4 is 5.32 Å². The zero-order valence-electron chi connectivity index (χ0n) is 16.6. The summed E-state index contributed by atoms with van der Waals surface area (Å²) in [6.07, 6.45) is 6.00. The van der Waals surface area contributed by atoms with Gasteiger partial charge >= 0.3 is 0 Å². The fourth-order valence-corrected chi connectivity index (χ4v) is 4.98. The summed E-state index contributed by atoms with van der Waals surface area (Å²) in [7, 11) is 0. The van der Waals surface area contributed by atoms with Crippen molar-refractivity contribution in [2.24, 2.45) is 0 Å². The average molecular weight is 418 g/mol. The van der Waals surface area contributed by atoms with Crippen molar-refractivity contribution in [3.8, 4) is 0 Å². The molecule has 1 unspecified atom stereocenters. The van der Waals surface area contributed by atoms with E-state index in [1.165, 1.54) is 29.7 Å². The third-order valence-electron chi connectivity index (χ3n) is 5.76. The summed E-state index contributed by atoms with van der Waals surface area (Å²) in [4.78, 5) is 32.5. The second-order valence-corrected chi connectivity index (χ2v) is 9.00. The van der Waals surface area contributed by atoms with Gasteiger partial charge in [0.25, 0.3) is 11.8 Å². The number of hydrogen-bond acceptors (Lipinski definition) is 4. The molecule has 1 aliphatic carbocycles. The van der Waals surface area contributed by atoms with E-state index >= 15 is 0 Å². The predicted octanol–water partition coefficient (Wildman–Crippen LogP) is 5.25. The van der Waals surface area contributed by atoms with Gasteiger partial charge in [-0.25, -0.2) is 4.98 Å². The number of benzene rings is 2. The van der Waals surface area contributed by atoms with E-state index in [1.54, 1.807) is 30.5 Å². The summed E-state index contributed by atoms with van der Waals surface area (Å²) < 4.78 is 0. The lowest BCUT2D eigenvalue weighted by molar-refractivity contribution is 0.0735. The van der Waals surface area contributed by atoms with E-state index in [2.05, 4.69) is 22.4 Å². The van der Waals surface area contributed by atoms with Crippen LogP contribution >= 0.6 is 11.3 Å². The molecular formula is C24H23N3O2S. The molecule has 0 spiro atoms. The lowest BCUT2D eigenvalue weighted by Crippen LogP contribution is -2.30. The summed E-state index contributed by atoms with van der Waals surface area (Å²) in [5.41, 5.74) is 2.51. The zero-order valence-corrected chi connectivity index (χ0v) is 17.4. The Balaban J connectivity index is 1.26. The molecule has 1 aromatic heterocycles. The van der Waals surface area contributed by atoms with Crippen molar-refractivity contribution < 1.29 is 9.59 Å². The Morgan fingerprint density at radius 2 is 1.77 bits per heavy atom. The van der Waals surface area contributed by atoms with Gasteiger partial charge in [0.1, 0.15) is 4.88 Å². The number of amides is 2. The number of aromatic nitrogens is 1. The molecule has 152 valence electrons. The molecule has 2 fully saturated rings. The number of nitrogens with one attached hydrogen (secondary N) is 1. The van der Waals surface area contributed by atoms with Gasteiger partial charge in [0.05, 0.1) is 17.2 Å². The molecule has 2 amide bonds. The molecule has 5 nitrogen and oxygen atoms in total. The summed E-state index contributed by atoms with van der Waals surface area (Å²) >= 11 is 1.47. The number of carbonyl (C=O) groups is 2. The number of hydrogen-bond donors (Lipinski definition) is 1. The average Bonchev–Trinajstić information content (AvgIpc) is 3.31. The number of carbonyl (C=O) groups excluding carboxylic acids is 2. The van der Waals surface area contributed by atoms with E-state index in [4.69, 9.17) is 0 Å². The molecule has 5 rings (SSSR count). The van der Waals surface area contributed by atoms with Gasteiger partial charge in [-0.2, -0.15) is 0 Å². The third-order valence-corrected chi connectivity index (χ3v) is 6.92. The lowest BCUT2D eigenvalue weighted by atomic mass is 10.0. The maximum Gasteiger partial charge on any atom is 0.267 e. The number of likely N-dealkylation sites (tertiary alicyclic amines) is 1. The molecule has 2 heterocycles. The summed E-state index contributed by atoms with van der Waals surface area (Å²) in [6, 6.07) is 17.5. The third kappa shape index (κ3) is 3.87. The maximum absolute atomic E-state index is 13.1. The molecule has 3 aromatic rings. The van der Waals surface area contributed by atoms with Crippen molar-refractivity contribution in [3.63, 3.8) is 0 Å². The lowest BCUT2D eigenvalue weighted by Gasteiger charge is -2.25. The Morgan fingerprint density at radius 1 is 1.00 bits per heavy atom. The standard InChI is InChI=1S/C24H23N3O2S/c28-22(21-15-25-23(30-21)17-8-9-17)26-19-12-10-18(11-13-19)24(29)27-14-4-7-20(27)16-5-2-1-3-6-16/h1-3,5-6,10-13,15,17,20H,4,7-9,14H2,(H,26,28). The van der Waals surface area contributed by atoms with E-state index in [0.717, 1.165) is 24.4 Å². The highest BCUT2D eigenvalue weighted by atomic mass is 32.1. The Morgan fingerprint density at radius 3 is 2.50 bits per heavy atom. The molecule has 1 saturated carbocycles. The normalized spacial score (nSPS) is 18.4. The number of anilines is 1. The minimum Gasteiger partial charge on any atom is -0.332 e. The molecule has 1 N–H and O–H groups in total. The topological polar surface area (TPSA) is 62.3 Å². The van der Waals surface area contributed by atoms with Crippen molar-refractivity contribution in [1.29, 1.82) is 0 Å². The van der Waals surface area contributed by atoms with Crippen LogP contribution in [-0.4, -0.2) is 28.2 Å². The van der Waals surface area contributed by atoms with Crippen LogP contribution in [-0.2, 0) is 0 Å². The van der Waals surface area contributed by atoms with Crippen LogP contribution in [0.1, 0.15) is 68.2 Å². The second-order valence-electron chi connectivity index (χ2n) is 7.94. The van der Waals surface area contributed by atoms with Gasteiger partial charge in [-0.15, -0.1) is 11.3 Å². The monoisotopic (exact) mass is 417 g/mol. The second kappa shape index (κ2) is 8.03. The number of thiazole rings is 1. The van der Waals surface area contributed by atoms with Crippen molar-refractivity contribution in [2.45, 2.75) is 37.6 Å². The van der Waals surface area contributed by atoms with Gasteiger partial charge in [0, 0.05) is 23.7 Å². The first-order valence-electron chi connectivity index (χ1n) is 10.4. The van der Waals surface area contributed by atoms with Crippen LogP contribution in [0.15, 0.2) is 60.8 Å². The molecule has 0 bridgehead atoms. The Labute approximate surface area is 179 Å². The fraction of sp³-hybridized carbons (Fsp3) is 0.292. The molecule has 30 heavy (non-hydrogen) atoms. The van der Waals surface area contributed by atoms with Gasteiger partial charge in [0.15, 0.2) is 0 Å². The predicted molar refractivity (Wildman–Crippen MR) is 118 cm³/mol. The van der Waals surface area contributed by atoms with E-state index in [1.807, 2.05) is 23.1 Å². The zero-order chi connectivity index (χ0) is 20.5. The van der Waals surface area contributed by atoms with Crippen LogP contribution in [0, 0.1) is 0 Å². The molecule has 2 aliphatic rings. The van der Waals surface area contributed by atoms with Gasteiger partial charge in [-0.3, -0.25) is 9.59 Å². The number of rotatable bonds is 5. The SMILES string of the molecule is O=C(Nc1ccc(C(=O)N2CCCC2c2ccccc2)cc1)c1cnc(C2CC2)s1. The molecular weight excluding hydrogens is 394 g/mol. The Hall–Kier alpha value is -2.99. The molecule has 2 aromatic carbocycles. The number of nitrogens with zero attached hydrogens (tertiary/aromatic N) is 2. The first-order valence-corrected chi connectivity index (χ1v) is 11.2. The van der Waals surface area contributed by atoms with Crippen LogP contribution in [0.3, 0.4) is 0 Å². The van der Waals surface area contributed by atoms with Gasteiger partial charge in [0.2, 0.25) is 0 Å². The summed E-state index contributed by atoms with van der Waals surface area (Å²) in [6.45, 7) is 0.769. The van der Waals surface area contributed by atoms with E-state index in [0.29, 0.717) is 22.0 Å². The van der Waals surface area contributed by atoms with Crippen molar-refractivity contribution in [3.05, 3.63) is 81.8 Å². The Bertz CT molecular complexity index is 1060. The molecule has 1 atom stereocenters. The minimum atomic E-state index is -0.151. The molecule has 1 aliphatic heterocycles. The van der Waals surface area contributed by atoms with Crippen LogP contribution in [0.25, 0.3) is 0 Å². The molecule has 6 heteroatoms. The van der Waals surface area contributed by atoms with E-state index in [-0.39, 0.29) is 17.9 Å². The van der Waals surface area contributed by atoms with Crippen LogP contribution in [0.5, 0.6) is 0 Å². The summed E-state index contributed by atoms with van der Waals surface area (Å²) in [5.74, 6) is 0.435. The van der Waals surface area contributed by atoms with Crippen LogP contribution in [0.2, 0.25) is 0 Å². The Kier molecular flexibility index (Phi) is 5.09. The maximum atomic E-state index is 13.1. The van der Waals surface area contributed by atoms with Crippen molar-refractivity contribution in [1.82, 2.24) is 9.88 Å². The van der Waals surface area contributed by atoms with E-state index in [9.17, 15) is 9.59 Å². The quantitative estimate of drug-likeness (QED) is 0.617. The first kappa shape index (κ1) is 19.0. The largest absolute Gasteiger partial charge is 0.332 e. The minimum absolute atomic E-state index is 0.0377. The highest BCUT2D eigenvalue weighted by Crippen LogP contribution is 2.41.